The second-order valence-electron chi connectivity index (χ2n) is 16.6. The maximum atomic E-state index is 5.38. The molecule has 0 fully saturated rings. The summed E-state index contributed by atoms with van der Waals surface area (Å²) in [7, 11) is 0. The van der Waals surface area contributed by atoms with E-state index in [1.807, 2.05) is 6.20 Å². The molecule has 0 bridgehead atoms. The van der Waals surface area contributed by atoms with Crippen LogP contribution in [0.1, 0.15) is 25.0 Å². The van der Waals surface area contributed by atoms with Gasteiger partial charge in [-0.3, -0.25) is 4.98 Å². The highest BCUT2D eigenvalue weighted by Gasteiger charge is 2.35. The van der Waals surface area contributed by atoms with Crippen molar-refractivity contribution in [1.29, 1.82) is 0 Å². The van der Waals surface area contributed by atoms with Crippen LogP contribution in [-0.4, -0.2) is 19.1 Å². The van der Waals surface area contributed by atoms with Crippen molar-refractivity contribution in [2.24, 2.45) is 0 Å². The number of fused-ring (bicyclic) bond motifs is 16. The predicted octanol–water partition coefficient (Wildman–Crippen LogP) is 14.1. The second kappa shape index (κ2) is 11.7. The third-order valence-corrected chi connectivity index (χ3v) is 13.1. The highest BCUT2D eigenvalue weighted by molar-refractivity contribution is 6.25. The zero-order valence-electron chi connectivity index (χ0n) is 32.6. The zero-order chi connectivity index (χ0) is 39.0. The Balaban J connectivity index is 1.08. The first-order chi connectivity index (χ1) is 29.0. The summed E-state index contributed by atoms with van der Waals surface area (Å²) in [4.78, 5) is 10.5. The molecule has 0 amide bonds. The Kier molecular flexibility index (Phi) is 6.48. The molecular weight excluding hydrogens is 717 g/mol. The number of para-hydroxylation sites is 2. The molecule has 4 nitrogen and oxygen atoms in total. The van der Waals surface area contributed by atoms with Crippen LogP contribution in [0.3, 0.4) is 0 Å². The molecule has 276 valence electrons. The fraction of sp³-hybridized carbons (Fsp3) is 0.0545. The molecule has 1 aliphatic rings. The maximum absolute atomic E-state index is 5.38. The average Bonchev–Trinajstić information content (AvgIpc) is 3.89. The molecule has 0 saturated carbocycles. The van der Waals surface area contributed by atoms with E-state index in [1.165, 1.54) is 76.8 Å². The van der Waals surface area contributed by atoms with Gasteiger partial charge in [-0.15, -0.1) is 0 Å². The summed E-state index contributed by atoms with van der Waals surface area (Å²) in [5, 5.41) is 9.54. The first-order valence-electron chi connectivity index (χ1n) is 20.4. The number of nitrogens with zero attached hydrogens (tertiary/aromatic N) is 4. The van der Waals surface area contributed by atoms with E-state index < -0.39 is 0 Å². The minimum atomic E-state index is -0.115. The summed E-state index contributed by atoms with van der Waals surface area (Å²) in [6.45, 7) is 4.72. The van der Waals surface area contributed by atoms with Gasteiger partial charge in [-0.2, -0.15) is 0 Å². The van der Waals surface area contributed by atoms with Crippen LogP contribution in [0.25, 0.3) is 110 Å². The molecule has 0 radical (unpaired) electrons. The van der Waals surface area contributed by atoms with E-state index in [9.17, 15) is 0 Å². The molecule has 0 atom stereocenters. The lowest BCUT2D eigenvalue weighted by molar-refractivity contribution is 0.660. The van der Waals surface area contributed by atoms with E-state index in [-0.39, 0.29) is 5.41 Å². The van der Waals surface area contributed by atoms with Crippen LogP contribution in [0.15, 0.2) is 182 Å². The standard InChI is InChI=1S/C55H36N4/c1-55(2)46-23-10-7-18-38(46)39-27-26-35(31-47(39)55)59-50-25-12-9-20-41(50)45-29-28-44-40-19-8-11-24-49(40)58(53(44)54(45)59)34-15-13-14-33(30-34)48-32-56-51-42-21-5-3-16-36(42)37-17-4-6-22-43(37)52(51)57-48/h3-32H,1-2H3. The van der Waals surface area contributed by atoms with E-state index >= 15 is 0 Å². The van der Waals surface area contributed by atoms with Gasteiger partial charge in [0, 0.05) is 54.7 Å². The van der Waals surface area contributed by atoms with E-state index in [1.54, 1.807) is 0 Å². The summed E-state index contributed by atoms with van der Waals surface area (Å²) in [5.41, 5.74) is 16.0. The molecule has 0 spiro atoms. The molecule has 13 rings (SSSR count). The molecule has 0 aliphatic heterocycles. The molecule has 0 saturated heterocycles. The first-order valence-corrected chi connectivity index (χ1v) is 20.4. The van der Waals surface area contributed by atoms with Crippen molar-refractivity contribution in [2.45, 2.75) is 19.3 Å². The van der Waals surface area contributed by atoms with Crippen LogP contribution in [-0.2, 0) is 5.41 Å². The van der Waals surface area contributed by atoms with Gasteiger partial charge in [0.15, 0.2) is 0 Å². The predicted molar refractivity (Wildman–Crippen MR) is 246 cm³/mol. The van der Waals surface area contributed by atoms with Crippen LogP contribution < -0.4 is 0 Å². The SMILES string of the molecule is CC1(C)c2ccccc2-c2ccc(-n3c4ccccc4c4ccc5c6ccccc6n(-c6cccc(-c7cnc8c9ccccc9c9ccccc9c8n7)c6)c5c43)cc21. The Bertz CT molecular complexity index is 3730. The Hall–Kier alpha value is -7.56. The van der Waals surface area contributed by atoms with Gasteiger partial charge in [-0.1, -0.05) is 153 Å². The van der Waals surface area contributed by atoms with Crippen molar-refractivity contribution in [1.82, 2.24) is 19.1 Å². The Morgan fingerprint density at radius 2 is 0.949 bits per heavy atom. The van der Waals surface area contributed by atoms with Gasteiger partial charge in [0.2, 0.25) is 0 Å². The summed E-state index contributed by atoms with van der Waals surface area (Å²) in [6.07, 6.45) is 1.94. The highest BCUT2D eigenvalue weighted by atomic mass is 15.0. The number of hydrogen-bond donors (Lipinski definition) is 0. The molecular formula is C55H36N4. The monoisotopic (exact) mass is 752 g/mol. The number of rotatable bonds is 3. The van der Waals surface area contributed by atoms with Crippen molar-refractivity contribution >= 4 is 76.2 Å². The van der Waals surface area contributed by atoms with Crippen molar-refractivity contribution < 1.29 is 0 Å². The zero-order valence-corrected chi connectivity index (χ0v) is 32.6. The van der Waals surface area contributed by atoms with Gasteiger partial charge in [0.05, 0.1) is 45.0 Å². The van der Waals surface area contributed by atoms with Crippen molar-refractivity contribution in [3.8, 4) is 33.8 Å². The molecule has 59 heavy (non-hydrogen) atoms. The van der Waals surface area contributed by atoms with Gasteiger partial charge in [0.1, 0.15) is 0 Å². The minimum Gasteiger partial charge on any atom is -0.307 e. The number of benzene rings is 9. The lowest BCUT2D eigenvalue weighted by atomic mass is 9.82. The molecule has 1 aliphatic carbocycles. The van der Waals surface area contributed by atoms with Crippen LogP contribution in [0.4, 0.5) is 0 Å². The van der Waals surface area contributed by atoms with Gasteiger partial charge in [-0.25, -0.2) is 4.98 Å². The van der Waals surface area contributed by atoms with Crippen LogP contribution in [0.2, 0.25) is 0 Å². The second-order valence-corrected chi connectivity index (χ2v) is 16.6. The van der Waals surface area contributed by atoms with Gasteiger partial charge >= 0.3 is 0 Å². The van der Waals surface area contributed by atoms with Crippen molar-refractivity contribution in [3.05, 3.63) is 193 Å². The summed E-state index contributed by atoms with van der Waals surface area (Å²) >= 11 is 0. The average molecular weight is 753 g/mol. The highest BCUT2D eigenvalue weighted by Crippen LogP contribution is 2.50. The van der Waals surface area contributed by atoms with Gasteiger partial charge in [-0.05, 0) is 69.4 Å². The van der Waals surface area contributed by atoms with Gasteiger partial charge < -0.3 is 9.13 Å². The third-order valence-electron chi connectivity index (χ3n) is 13.1. The molecule has 0 unspecified atom stereocenters. The molecule has 9 aromatic carbocycles. The lowest BCUT2D eigenvalue weighted by Crippen LogP contribution is -2.15. The maximum Gasteiger partial charge on any atom is 0.0979 e. The Labute approximate surface area is 340 Å². The van der Waals surface area contributed by atoms with Crippen LogP contribution >= 0.6 is 0 Å². The van der Waals surface area contributed by atoms with E-state index in [2.05, 4.69) is 199 Å². The lowest BCUT2D eigenvalue weighted by Gasteiger charge is -2.22. The summed E-state index contributed by atoms with van der Waals surface area (Å²) in [5.74, 6) is 0. The number of hydrogen-bond acceptors (Lipinski definition) is 2. The number of aromatic nitrogens is 4. The van der Waals surface area contributed by atoms with E-state index in [0.29, 0.717) is 0 Å². The molecule has 0 N–H and O–H groups in total. The molecule has 3 heterocycles. The smallest absolute Gasteiger partial charge is 0.0979 e. The Morgan fingerprint density at radius 1 is 0.407 bits per heavy atom. The normalized spacial score (nSPS) is 13.4. The van der Waals surface area contributed by atoms with Crippen molar-refractivity contribution in [3.63, 3.8) is 0 Å². The molecule has 4 heteroatoms. The van der Waals surface area contributed by atoms with Gasteiger partial charge in [0.25, 0.3) is 0 Å². The van der Waals surface area contributed by atoms with E-state index in [0.717, 1.165) is 44.3 Å². The fourth-order valence-corrected chi connectivity index (χ4v) is 10.4. The van der Waals surface area contributed by atoms with E-state index in [4.69, 9.17) is 9.97 Å². The fourth-order valence-electron chi connectivity index (χ4n) is 10.4. The minimum absolute atomic E-state index is 0.115. The third kappa shape index (κ3) is 4.38. The largest absolute Gasteiger partial charge is 0.307 e. The molecule has 12 aromatic rings. The topological polar surface area (TPSA) is 35.6 Å². The quantitative estimate of drug-likeness (QED) is 0.169. The first kappa shape index (κ1) is 32.5. The Morgan fingerprint density at radius 3 is 1.63 bits per heavy atom. The van der Waals surface area contributed by atoms with Crippen LogP contribution in [0, 0.1) is 0 Å². The molecule has 3 aromatic heterocycles. The van der Waals surface area contributed by atoms with Crippen molar-refractivity contribution in [2.75, 3.05) is 0 Å². The summed E-state index contributed by atoms with van der Waals surface area (Å²) in [6, 6.07) is 64.2. The summed E-state index contributed by atoms with van der Waals surface area (Å²) < 4.78 is 4.98. The van der Waals surface area contributed by atoms with Crippen LogP contribution in [0.5, 0.6) is 0 Å².